The summed E-state index contributed by atoms with van der Waals surface area (Å²) in [5.41, 5.74) is 0.708. The maximum Gasteiger partial charge on any atom is 0.235 e. The van der Waals surface area contributed by atoms with Crippen molar-refractivity contribution in [2.75, 3.05) is 13.2 Å². The van der Waals surface area contributed by atoms with Crippen LogP contribution >= 0.6 is 11.6 Å². The highest BCUT2D eigenvalue weighted by atomic mass is 35.5. The largest absolute Gasteiger partial charge is 0.474 e. The minimum Gasteiger partial charge on any atom is -0.474 e. The average Bonchev–Trinajstić information content (AvgIpc) is 2.56. The summed E-state index contributed by atoms with van der Waals surface area (Å²) in [5.74, 6) is 0.595. The maximum absolute atomic E-state index is 5.70. The molecule has 0 bridgehead atoms. The molecule has 3 nitrogen and oxygen atoms in total. The van der Waals surface area contributed by atoms with E-state index in [1.54, 1.807) is 6.07 Å². The second-order valence-corrected chi connectivity index (χ2v) is 2.77. The van der Waals surface area contributed by atoms with Crippen molar-refractivity contribution < 1.29 is 4.74 Å². The third-order valence-corrected chi connectivity index (χ3v) is 1.73. The third kappa shape index (κ3) is 1.41. The summed E-state index contributed by atoms with van der Waals surface area (Å²) < 4.78 is 5.22. The zero-order chi connectivity index (χ0) is 8.39. The van der Waals surface area contributed by atoms with E-state index in [4.69, 9.17) is 16.3 Å². The van der Waals surface area contributed by atoms with Crippen molar-refractivity contribution in [2.45, 2.75) is 0 Å². The van der Waals surface area contributed by atoms with E-state index >= 15 is 0 Å². The Kier molecular flexibility index (Phi) is 1.96. The number of pyridine rings is 1. The molecular weight excluding hydrogens is 176 g/mol. The normalized spacial score (nSPS) is 15.6. The van der Waals surface area contributed by atoms with Gasteiger partial charge < -0.3 is 4.74 Å². The van der Waals surface area contributed by atoms with Gasteiger partial charge in [-0.25, -0.2) is 9.98 Å². The Morgan fingerprint density at radius 2 is 2.33 bits per heavy atom. The highest BCUT2D eigenvalue weighted by Crippen LogP contribution is 2.08. The lowest BCUT2D eigenvalue weighted by Gasteiger charge is -1.99. The fourth-order valence-electron chi connectivity index (χ4n) is 1.02. The standard InChI is InChI=1S/C8H7ClN2O/c9-7-3-1-2-6(11-7)8-10-4-5-12-8/h1-3H,4-5H2. The van der Waals surface area contributed by atoms with E-state index < -0.39 is 0 Å². The number of hydrogen-bond acceptors (Lipinski definition) is 3. The van der Waals surface area contributed by atoms with Crippen LogP contribution in [0.4, 0.5) is 0 Å². The quantitative estimate of drug-likeness (QED) is 0.617. The first-order valence-electron chi connectivity index (χ1n) is 3.66. The number of rotatable bonds is 1. The lowest BCUT2D eigenvalue weighted by molar-refractivity contribution is 0.347. The van der Waals surface area contributed by atoms with Crippen LogP contribution in [0.15, 0.2) is 23.2 Å². The van der Waals surface area contributed by atoms with Gasteiger partial charge in [0.25, 0.3) is 0 Å². The van der Waals surface area contributed by atoms with Gasteiger partial charge in [-0.2, -0.15) is 0 Å². The predicted molar refractivity (Wildman–Crippen MR) is 46.6 cm³/mol. The zero-order valence-electron chi connectivity index (χ0n) is 6.33. The van der Waals surface area contributed by atoms with Crippen LogP contribution in [0.1, 0.15) is 5.69 Å². The molecule has 0 fully saturated rings. The SMILES string of the molecule is Clc1cccc(C2=NCCO2)n1. The van der Waals surface area contributed by atoms with E-state index in [-0.39, 0.29) is 0 Å². The Morgan fingerprint density at radius 1 is 1.42 bits per heavy atom. The summed E-state index contributed by atoms with van der Waals surface area (Å²) in [5, 5.41) is 0.464. The monoisotopic (exact) mass is 182 g/mol. The van der Waals surface area contributed by atoms with Crippen LogP contribution in [0.2, 0.25) is 5.15 Å². The summed E-state index contributed by atoms with van der Waals surface area (Å²) in [6, 6.07) is 5.38. The Hall–Kier alpha value is -1.09. The van der Waals surface area contributed by atoms with Crippen LogP contribution in [-0.2, 0) is 4.74 Å². The number of hydrogen-bond donors (Lipinski definition) is 0. The summed E-state index contributed by atoms with van der Waals surface area (Å²) in [4.78, 5) is 8.19. The number of nitrogens with zero attached hydrogens (tertiary/aromatic N) is 2. The minimum absolute atomic E-state index is 0.464. The molecule has 62 valence electrons. The van der Waals surface area contributed by atoms with Crippen molar-refractivity contribution >= 4 is 17.5 Å². The molecule has 12 heavy (non-hydrogen) atoms. The molecule has 0 radical (unpaired) electrons. The topological polar surface area (TPSA) is 34.5 Å². The smallest absolute Gasteiger partial charge is 0.235 e. The van der Waals surface area contributed by atoms with E-state index in [1.807, 2.05) is 12.1 Å². The molecule has 0 amide bonds. The molecule has 4 heteroatoms. The van der Waals surface area contributed by atoms with Gasteiger partial charge in [0, 0.05) is 0 Å². The first-order valence-corrected chi connectivity index (χ1v) is 4.04. The van der Waals surface area contributed by atoms with Gasteiger partial charge >= 0.3 is 0 Å². The molecule has 2 heterocycles. The van der Waals surface area contributed by atoms with Crippen LogP contribution in [0, 0.1) is 0 Å². The van der Waals surface area contributed by atoms with E-state index in [0.717, 1.165) is 0 Å². The van der Waals surface area contributed by atoms with Gasteiger partial charge in [0.1, 0.15) is 17.5 Å². The van der Waals surface area contributed by atoms with Crippen molar-refractivity contribution in [1.29, 1.82) is 0 Å². The van der Waals surface area contributed by atoms with Crippen molar-refractivity contribution in [3.8, 4) is 0 Å². The molecule has 1 aliphatic heterocycles. The fourth-order valence-corrected chi connectivity index (χ4v) is 1.18. The van der Waals surface area contributed by atoms with Crippen molar-refractivity contribution in [3.05, 3.63) is 29.0 Å². The van der Waals surface area contributed by atoms with Crippen molar-refractivity contribution in [2.24, 2.45) is 4.99 Å². The summed E-state index contributed by atoms with van der Waals surface area (Å²) in [6.45, 7) is 1.35. The van der Waals surface area contributed by atoms with Gasteiger partial charge in [0.2, 0.25) is 5.90 Å². The van der Waals surface area contributed by atoms with Crippen LogP contribution in [0.3, 0.4) is 0 Å². The Balaban J connectivity index is 2.33. The van der Waals surface area contributed by atoms with Crippen molar-refractivity contribution in [3.63, 3.8) is 0 Å². The molecule has 1 aromatic rings. The van der Waals surface area contributed by atoms with Gasteiger partial charge in [-0.3, -0.25) is 0 Å². The Morgan fingerprint density at radius 3 is 3.00 bits per heavy atom. The first kappa shape index (κ1) is 7.55. The fraction of sp³-hybridized carbons (Fsp3) is 0.250. The molecule has 0 atom stereocenters. The van der Waals surface area contributed by atoms with E-state index in [9.17, 15) is 0 Å². The van der Waals surface area contributed by atoms with Crippen LogP contribution in [0.5, 0.6) is 0 Å². The Labute approximate surface area is 75.1 Å². The van der Waals surface area contributed by atoms with Crippen LogP contribution < -0.4 is 0 Å². The van der Waals surface area contributed by atoms with Crippen LogP contribution in [0.25, 0.3) is 0 Å². The van der Waals surface area contributed by atoms with E-state index in [1.165, 1.54) is 0 Å². The van der Waals surface area contributed by atoms with E-state index in [2.05, 4.69) is 9.98 Å². The van der Waals surface area contributed by atoms with Gasteiger partial charge in [-0.05, 0) is 12.1 Å². The summed E-state index contributed by atoms with van der Waals surface area (Å²) in [7, 11) is 0. The molecule has 0 unspecified atom stereocenters. The van der Waals surface area contributed by atoms with E-state index in [0.29, 0.717) is 29.9 Å². The van der Waals surface area contributed by atoms with Gasteiger partial charge in [-0.15, -0.1) is 0 Å². The maximum atomic E-state index is 5.70. The summed E-state index contributed by atoms with van der Waals surface area (Å²) in [6.07, 6.45) is 0. The molecule has 2 rings (SSSR count). The van der Waals surface area contributed by atoms with Crippen molar-refractivity contribution in [1.82, 2.24) is 4.98 Å². The van der Waals surface area contributed by atoms with Gasteiger partial charge in [0.15, 0.2) is 0 Å². The molecule has 0 spiro atoms. The molecule has 0 saturated carbocycles. The molecule has 1 aromatic heterocycles. The lowest BCUT2D eigenvalue weighted by atomic mass is 10.3. The number of aliphatic imine (C=N–C) groups is 1. The molecule has 0 aromatic carbocycles. The first-order chi connectivity index (χ1) is 5.86. The number of ether oxygens (including phenoxy) is 1. The molecule has 0 saturated heterocycles. The highest BCUT2D eigenvalue weighted by Gasteiger charge is 2.10. The molecule has 0 aliphatic carbocycles. The average molecular weight is 183 g/mol. The number of aromatic nitrogens is 1. The predicted octanol–water partition coefficient (Wildman–Crippen LogP) is 1.51. The Bertz CT molecular complexity index is 325. The molecule has 0 N–H and O–H groups in total. The molecule has 1 aliphatic rings. The second-order valence-electron chi connectivity index (χ2n) is 2.38. The number of halogens is 1. The second kappa shape index (κ2) is 3.11. The minimum atomic E-state index is 0.464. The summed E-state index contributed by atoms with van der Waals surface area (Å²) >= 11 is 5.70. The van der Waals surface area contributed by atoms with Gasteiger partial charge in [-0.1, -0.05) is 17.7 Å². The zero-order valence-corrected chi connectivity index (χ0v) is 7.08. The lowest BCUT2D eigenvalue weighted by Crippen LogP contribution is -2.03. The van der Waals surface area contributed by atoms with Crippen LogP contribution in [-0.4, -0.2) is 24.0 Å². The van der Waals surface area contributed by atoms with Gasteiger partial charge in [0.05, 0.1) is 6.54 Å². The third-order valence-electron chi connectivity index (χ3n) is 1.52. The molecular formula is C8H7ClN2O. The highest BCUT2D eigenvalue weighted by molar-refractivity contribution is 6.29.